The van der Waals surface area contributed by atoms with Crippen LogP contribution in [0.3, 0.4) is 0 Å². The number of aromatic nitrogens is 2. The zero-order chi connectivity index (χ0) is 42.3. The predicted octanol–water partition coefficient (Wildman–Crippen LogP) is 7.16. The monoisotopic (exact) mass is 843 g/mol. The summed E-state index contributed by atoms with van der Waals surface area (Å²) >= 11 is 0. The number of ether oxygens (including phenoxy) is 1. The van der Waals surface area contributed by atoms with Crippen molar-refractivity contribution in [3.05, 3.63) is 22.2 Å². The van der Waals surface area contributed by atoms with Crippen LogP contribution in [0.25, 0.3) is 11.0 Å². The lowest BCUT2D eigenvalue weighted by molar-refractivity contribution is -0.383. The number of fused-ring (bicyclic) bond motifs is 1. The summed E-state index contributed by atoms with van der Waals surface area (Å²) in [5.41, 5.74) is 0.949. The summed E-state index contributed by atoms with van der Waals surface area (Å²) in [7, 11) is -4.57. The highest BCUT2D eigenvalue weighted by Gasteiger charge is 2.25. The van der Waals surface area contributed by atoms with Crippen LogP contribution in [0.1, 0.15) is 161 Å². The quantitative estimate of drug-likeness (QED) is 0.0151. The molecule has 0 spiro atoms. The first-order chi connectivity index (χ1) is 28.1. The number of benzene rings is 1. The van der Waals surface area contributed by atoms with Crippen molar-refractivity contribution in [2.24, 2.45) is 0 Å². The number of carbonyl (C=O) groups is 2. The van der Waals surface area contributed by atoms with Crippen LogP contribution < -0.4 is 15.1 Å². The number of nitrogens with one attached hydrogen (secondary N) is 1. The van der Waals surface area contributed by atoms with E-state index in [0.29, 0.717) is 30.6 Å². The second-order valence-corrected chi connectivity index (χ2v) is 16.8. The van der Waals surface area contributed by atoms with Gasteiger partial charge in [0.1, 0.15) is 25.5 Å². The second-order valence-electron chi connectivity index (χ2n) is 15.0. The van der Waals surface area contributed by atoms with Crippen molar-refractivity contribution < 1.29 is 58.2 Å². The molecule has 0 radical (unpaired) electrons. The topological polar surface area (TPSA) is 252 Å². The minimum atomic E-state index is -4.57. The highest BCUT2D eigenvalue weighted by molar-refractivity contribution is 7.56. The minimum absolute atomic E-state index is 0.0909. The van der Waals surface area contributed by atoms with Gasteiger partial charge in [0.05, 0.1) is 25.2 Å². The number of nitro benzene ring substituents is 1. The number of nitro groups is 1. The molecule has 1 aromatic heterocycles. The average molecular weight is 844 g/mol. The highest BCUT2D eigenvalue weighted by atomic mass is 31.2. The Hall–Kier alpha value is -3.05. The summed E-state index contributed by atoms with van der Waals surface area (Å²) in [5.74, 6) is -1.12. The third-order valence-corrected chi connectivity index (χ3v) is 11.2. The van der Waals surface area contributed by atoms with Crippen LogP contribution in [-0.2, 0) is 28.6 Å². The second kappa shape index (κ2) is 31.8. The molecule has 2 rings (SSSR count). The van der Waals surface area contributed by atoms with Gasteiger partial charge in [0, 0.05) is 25.5 Å². The van der Waals surface area contributed by atoms with Crippen molar-refractivity contribution >= 4 is 42.3 Å². The lowest BCUT2D eigenvalue weighted by atomic mass is 10.0. The molecule has 0 unspecified atom stereocenters. The molecule has 0 bridgehead atoms. The Labute approximate surface area is 343 Å². The molecule has 0 aliphatic heterocycles. The van der Waals surface area contributed by atoms with Gasteiger partial charge in [0.2, 0.25) is 5.52 Å². The molecule has 58 heavy (non-hydrogen) atoms. The number of aliphatic hydroxyl groups excluding tert-OH is 2. The molecule has 17 nitrogen and oxygen atoms in total. The number of hydrogen-bond acceptors (Lipinski definition) is 16. The normalized spacial score (nSPS) is 12.8. The largest absolute Gasteiger partial charge is 0.659 e. The van der Waals surface area contributed by atoms with E-state index in [1.165, 1.54) is 63.9 Å². The lowest BCUT2D eigenvalue weighted by Gasteiger charge is -2.35. The molecular formula is C40H68N4O13P-. The zero-order valence-corrected chi connectivity index (χ0v) is 35.4. The van der Waals surface area contributed by atoms with Crippen molar-refractivity contribution in [3.63, 3.8) is 0 Å². The fraction of sp³-hybridized carbons (Fsp3) is 0.800. The average Bonchev–Trinajstić information content (AvgIpc) is 3.70. The fourth-order valence-electron chi connectivity index (χ4n) is 6.38. The van der Waals surface area contributed by atoms with E-state index in [-0.39, 0.29) is 24.0 Å². The van der Waals surface area contributed by atoms with Gasteiger partial charge in [-0.1, -0.05) is 129 Å². The van der Waals surface area contributed by atoms with Gasteiger partial charge in [-0.25, -0.2) is 13.9 Å². The summed E-state index contributed by atoms with van der Waals surface area (Å²) in [6, 6.07) is 2.99. The summed E-state index contributed by atoms with van der Waals surface area (Å²) < 4.78 is 14.9. The maximum absolute atomic E-state index is 12.4. The Morgan fingerprint density at radius 3 is 1.84 bits per heavy atom. The third kappa shape index (κ3) is 24.1. The van der Waals surface area contributed by atoms with Crippen molar-refractivity contribution in [2.45, 2.75) is 173 Å². The van der Waals surface area contributed by atoms with Crippen molar-refractivity contribution in [1.29, 1.82) is 0 Å². The van der Waals surface area contributed by atoms with Crippen LogP contribution in [0.15, 0.2) is 16.8 Å². The molecule has 1 heterocycles. The number of hydrogen-bond donors (Lipinski definition) is 3. The first-order valence-electron chi connectivity index (χ1n) is 21.4. The maximum Gasteiger partial charge on any atom is 0.342 e. The van der Waals surface area contributed by atoms with Crippen LogP contribution in [0.2, 0.25) is 0 Å². The van der Waals surface area contributed by atoms with E-state index in [1.807, 2.05) is 0 Å². The number of nitrogens with zero attached hydrogens (tertiary/aromatic N) is 3. The molecule has 18 heteroatoms. The smallest absolute Gasteiger partial charge is 0.342 e. The lowest BCUT2D eigenvalue weighted by Crippen LogP contribution is -2.37. The van der Waals surface area contributed by atoms with Gasteiger partial charge in [-0.3, -0.25) is 19.8 Å². The van der Waals surface area contributed by atoms with Crippen molar-refractivity contribution in [2.75, 3.05) is 37.8 Å². The Kier molecular flexibility index (Phi) is 28.0. The van der Waals surface area contributed by atoms with Crippen LogP contribution in [0, 0.1) is 10.1 Å². The van der Waals surface area contributed by atoms with E-state index >= 15 is 0 Å². The fourth-order valence-corrected chi connectivity index (χ4v) is 7.51. The van der Waals surface area contributed by atoms with Gasteiger partial charge in [0.15, 0.2) is 11.6 Å². The number of unbranched alkanes of at least 4 members (excludes halogenated alkanes) is 20. The van der Waals surface area contributed by atoms with E-state index in [0.717, 1.165) is 70.6 Å². The first kappa shape index (κ1) is 51.1. The van der Waals surface area contributed by atoms with Gasteiger partial charge in [-0.05, 0) is 35.6 Å². The minimum Gasteiger partial charge on any atom is -0.659 e. The van der Waals surface area contributed by atoms with E-state index in [1.54, 1.807) is 6.07 Å². The summed E-state index contributed by atoms with van der Waals surface area (Å²) in [6.45, 7) is 1.15. The number of esters is 1. The molecule has 0 aliphatic rings. The number of non-ortho nitro benzene ring substituents is 1. The number of aliphatic hydroxyl groups is 2. The van der Waals surface area contributed by atoms with Gasteiger partial charge >= 0.3 is 17.6 Å². The zero-order valence-electron chi connectivity index (χ0n) is 34.5. The Bertz CT molecular complexity index is 1400. The Morgan fingerprint density at radius 1 is 0.776 bits per heavy atom. The summed E-state index contributed by atoms with van der Waals surface area (Å²) in [4.78, 5) is 69.8. The number of rotatable bonds is 38. The van der Waals surface area contributed by atoms with Gasteiger partial charge in [-0.15, -0.1) is 0 Å². The molecule has 0 saturated carbocycles. The van der Waals surface area contributed by atoms with Crippen molar-refractivity contribution in [3.8, 4) is 0 Å². The molecular weight excluding hydrogens is 775 g/mol. The van der Waals surface area contributed by atoms with E-state index in [4.69, 9.17) is 24.1 Å². The van der Waals surface area contributed by atoms with E-state index < -0.39 is 63.0 Å². The Balaban J connectivity index is 1.55. The summed E-state index contributed by atoms with van der Waals surface area (Å²) in [5, 5.41) is 40.3. The molecule has 0 saturated heterocycles. The van der Waals surface area contributed by atoms with Crippen molar-refractivity contribution in [1.82, 2.24) is 10.3 Å². The molecule has 0 aliphatic carbocycles. The molecule has 2 aromatic rings. The van der Waals surface area contributed by atoms with Gasteiger partial charge in [0.25, 0.3) is 0 Å². The van der Waals surface area contributed by atoms with Crippen LogP contribution in [0.4, 0.5) is 11.4 Å². The molecule has 0 amide bonds. The SMILES string of the molecule is CCCCCCCCCCCCCCCC(=O)OC[C@H](CO[P+]([O-])([O-])C[C@@H](O)CO)OOC(=O)CCCCCCCCCCCNc1ccc([N+](=O)[O-])c2nonc12. The van der Waals surface area contributed by atoms with Crippen LogP contribution in [0.5, 0.6) is 0 Å². The Morgan fingerprint density at radius 2 is 1.29 bits per heavy atom. The third-order valence-electron chi connectivity index (χ3n) is 9.76. The molecule has 0 fully saturated rings. The molecule has 332 valence electrons. The molecule has 2 atom stereocenters. The molecule has 1 aromatic carbocycles. The molecule has 3 N–H and O–H groups in total. The maximum atomic E-state index is 12.4. The first-order valence-corrected chi connectivity index (χ1v) is 23.2. The summed E-state index contributed by atoms with van der Waals surface area (Å²) in [6.07, 6.45) is 20.6. The standard InChI is InChI=1S/C40H69N4O13P/c1-2-3-4-5-6-7-8-9-10-12-15-18-21-24-37(47)53-30-34(31-54-58(51,52)32-33(46)29-45)55-56-38(48)25-22-19-16-13-11-14-17-20-23-28-41-35-26-27-36(44(49)50)40-39(35)42-57-43-40/h26-27,33-34,41,45-46H,2-25,28-32H2,1H3,(H,51,52)/p-1/t33-,34+/m0/s1. The predicted molar refractivity (Wildman–Crippen MR) is 216 cm³/mol. The van der Waals surface area contributed by atoms with E-state index in [9.17, 15) is 34.6 Å². The number of anilines is 1. The van der Waals surface area contributed by atoms with Crippen LogP contribution in [-0.4, -0.2) is 82.1 Å². The highest BCUT2D eigenvalue weighted by Crippen LogP contribution is 2.42. The number of carbonyl (C=O) groups excluding carboxylic acids is 2. The van der Waals surface area contributed by atoms with E-state index in [2.05, 4.69) is 27.2 Å². The van der Waals surface area contributed by atoms with Crippen LogP contribution >= 0.6 is 7.94 Å². The van der Waals surface area contributed by atoms with Gasteiger partial charge in [-0.2, -0.15) is 4.89 Å². The van der Waals surface area contributed by atoms with Gasteiger partial charge < -0.3 is 30.1 Å².